The van der Waals surface area contributed by atoms with E-state index in [9.17, 15) is 9.59 Å². The number of ether oxygens (including phenoxy) is 1. The molecule has 0 aromatic heterocycles. The van der Waals surface area contributed by atoms with Gasteiger partial charge in [0.1, 0.15) is 0 Å². The van der Waals surface area contributed by atoms with Gasteiger partial charge < -0.3 is 20.5 Å². The Hall–Kier alpha value is -2.08. The summed E-state index contributed by atoms with van der Waals surface area (Å²) in [6.07, 6.45) is 1.67. The molecule has 0 spiro atoms. The number of carbonyl (C=O) groups is 2. The Morgan fingerprint density at radius 1 is 1.30 bits per heavy atom. The van der Waals surface area contributed by atoms with Crippen molar-refractivity contribution in [2.45, 2.75) is 19.8 Å². The SMILES string of the molecule is COCCCCNC(=O)Nc1cccc(C)c1C(=O)O. The third-order valence-electron chi connectivity index (χ3n) is 2.80. The fraction of sp³-hybridized carbons (Fsp3) is 0.429. The molecule has 0 aliphatic rings. The van der Waals surface area contributed by atoms with Crippen LogP contribution in [0.15, 0.2) is 18.2 Å². The van der Waals surface area contributed by atoms with E-state index in [-0.39, 0.29) is 5.56 Å². The van der Waals surface area contributed by atoms with Crippen molar-refractivity contribution in [1.29, 1.82) is 0 Å². The number of aryl methyl sites for hydroxylation is 1. The molecule has 0 bridgehead atoms. The summed E-state index contributed by atoms with van der Waals surface area (Å²) in [5, 5.41) is 14.4. The van der Waals surface area contributed by atoms with Crippen LogP contribution in [0.25, 0.3) is 0 Å². The normalized spacial score (nSPS) is 10.1. The predicted octanol–water partition coefficient (Wildman–Crippen LogP) is 2.24. The van der Waals surface area contributed by atoms with Crippen LogP contribution in [0.1, 0.15) is 28.8 Å². The Morgan fingerprint density at radius 3 is 2.70 bits per heavy atom. The standard InChI is InChI=1S/C14H20N2O4/c1-10-6-5-7-11(12(10)13(17)18)16-14(19)15-8-3-4-9-20-2/h5-7H,3-4,8-9H2,1-2H3,(H,17,18)(H2,15,16,19). The highest BCUT2D eigenvalue weighted by molar-refractivity contribution is 6.01. The van der Waals surface area contributed by atoms with E-state index in [0.29, 0.717) is 24.4 Å². The minimum Gasteiger partial charge on any atom is -0.478 e. The molecular formula is C14H20N2O4. The number of benzene rings is 1. The summed E-state index contributed by atoms with van der Waals surface area (Å²) in [6.45, 7) is 2.87. The van der Waals surface area contributed by atoms with E-state index < -0.39 is 12.0 Å². The second-order valence-electron chi connectivity index (χ2n) is 4.38. The summed E-state index contributed by atoms with van der Waals surface area (Å²) in [7, 11) is 1.63. The van der Waals surface area contributed by atoms with Gasteiger partial charge in [-0.3, -0.25) is 0 Å². The number of urea groups is 1. The highest BCUT2D eigenvalue weighted by Crippen LogP contribution is 2.19. The molecule has 6 heteroatoms. The van der Waals surface area contributed by atoms with E-state index in [2.05, 4.69) is 10.6 Å². The van der Waals surface area contributed by atoms with Crippen molar-refractivity contribution in [3.8, 4) is 0 Å². The molecule has 110 valence electrons. The van der Waals surface area contributed by atoms with Gasteiger partial charge in [0.15, 0.2) is 0 Å². The lowest BCUT2D eigenvalue weighted by molar-refractivity contribution is 0.0697. The van der Waals surface area contributed by atoms with Crippen LogP contribution >= 0.6 is 0 Å². The molecule has 1 aromatic rings. The van der Waals surface area contributed by atoms with Gasteiger partial charge in [-0.05, 0) is 31.4 Å². The Morgan fingerprint density at radius 2 is 2.05 bits per heavy atom. The van der Waals surface area contributed by atoms with Crippen LogP contribution in [0.5, 0.6) is 0 Å². The maximum absolute atomic E-state index is 11.7. The number of carbonyl (C=O) groups excluding carboxylic acids is 1. The highest BCUT2D eigenvalue weighted by atomic mass is 16.5. The first-order valence-corrected chi connectivity index (χ1v) is 6.43. The topological polar surface area (TPSA) is 87.7 Å². The number of carboxylic acids is 1. The third-order valence-corrected chi connectivity index (χ3v) is 2.80. The van der Waals surface area contributed by atoms with Crippen LogP contribution in [0.2, 0.25) is 0 Å². The van der Waals surface area contributed by atoms with E-state index in [4.69, 9.17) is 9.84 Å². The fourth-order valence-corrected chi connectivity index (χ4v) is 1.80. The summed E-state index contributed by atoms with van der Waals surface area (Å²) in [4.78, 5) is 22.9. The van der Waals surface area contributed by atoms with Crippen LogP contribution in [-0.4, -0.2) is 37.4 Å². The molecule has 2 amide bonds. The van der Waals surface area contributed by atoms with Crippen LogP contribution in [-0.2, 0) is 4.74 Å². The largest absolute Gasteiger partial charge is 0.478 e. The molecule has 3 N–H and O–H groups in total. The smallest absolute Gasteiger partial charge is 0.338 e. The van der Waals surface area contributed by atoms with Gasteiger partial charge in [0, 0.05) is 20.3 Å². The number of carboxylic acid groups (broad SMARTS) is 1. The Kier molecular flexibility index (Phi) is 6.52. The average Bonchev–Trinajstić information content (AvgIpc) is 2.38. The molecular weight excluding hydrogens is 260 g/mol. The van der Waals surface area contributed by atoms with E-state index >= 15 is 0 Å². The van der Waals surface area contributed by atoms with Gasteiger partial charge in [0.05, 0.1) is 11.3 Å². The number of methoxy groups -OCH3 is 1. The molecule has 0 fully saturated rings. The predicted molar refractivity (Wildman–Crippen MR) is 76.3 cm³/mol. The molecule has 0 radical (unpaired) electrons. The molecule has 1 rings (SSSR count). The number of unbranched alkanes of at least 4 members (excludes halogenated alkanes) is 1. The van der Waals surface area contributed by atoms with Crippen LogP contribution < -0.4 is 10.6 Å². The second-order valence-corrected chi connectivity index (χ2v) is 4.38. The lowest BCUT2D eigenvalue weighted by atomic mass is 10.1. The van der Waals surface area contributed by atoms with Crippen LogP contribution in [0.4, 0.5) is 10.5 Å². The summed E-state index contributed by atoms with van der Waals surface area (Å²) in [5.74, 6) is -1.06. The lowest BCUT2D eigenvalue weighted by Crippen LogP contribution is -2.30. The monoisotopic (exact) mass is 280 g/mol. The van der Waals surface area contributed by atoms with Gasteiger partial charge in [-0.1, -0.05) is 12.1 Å². The molecule has 0 aliphatic carbocycles. The average molecular weight is 280 g/mol. The molecule has 0 heterocycles. The number of aromatic carboxylic acids is 1. The zero-order valence-electron chi connectivity index (χ0n) is 11.7. The Balaban J connectivity index is 2.54. The molecule has 20 heavy (non-hydrogen) atoms. The van der Waals surface area contributed by atoms with Gasteiger partial charge in [-0.2, -0.15) is 0 Å². The zero-order chi connectivity index (χ0) is 15.0. The summed E-state index contributed by atoms with van der Waals surface area (Å²) >= 11 is 0. The lowest BCUT2D eigenvalue weighted by Gasteiger charge is -2.11. The third kappa shape index (κ3) is 4.89. The minimum absolute atomic E-state index is 0.113. The maximum Gasteiger partial charge on any atom is 0.338 e. The highest BCUT2D eigenvalue weighted by Gasteiger charge is 2.14. The van der Waals surface area contributed by atoms with Gasteiger partial charge in [-0.15, -0.1) is 0 Å². The first-order chi connectivity index (χ1) is 9.56. The van der Waals surface area contributed by atoms with Crippen LogP contribution in [0.3, 0.4) is 0 Å². The summed E-state index contributed by atoms with van der Waals surface area (Å²) < 4.78 is 4.91. The van der Waals surface area contributed by atoms with Crippen molar-refractivity contribution in [3.05, 3.63) is 29.3 Å². The fourth-order valence-electron chi connectivity index (χ4n) is 1.80. The molecule has 0 saturated carbocycles. The summed E-state index contributed by atoms with van der Waals surface area (Å²) in [6, 6.07) is 4.56. The Bertz CT molecular complexity index is 474. The molecule has 0 saturated heterocycles. The van der Waals surface area contributed by atoms with Crippen molar-refractivity contribution in [2.75, 3.05) is 25.6 Å². The quantitative estimate of drug-likeness (QED) is 0.668. The molecule has 6 nitrogen and oxygen atoms in total. The zero-order valence-corrected chi connectivity index (χ0v) is 11.7. The van der Waals surface area contributed by atoms with Crippen molar-refractivity contribution in [2.24, 2.45) is 0 Å². The summed E-state index contributed by atoms with van der Waals surface area (Å²) in [5.41, 5.74) is 1.02. The van der Waals surface area contributed by atoms with Gasteiger partial charge in [-0.25, -0.2) is 9.59 Å². The van der Waals surface area contributed by atoms with Crippen molar-refractivity contribution < 1.29 is 19.4 Å². The number of hydrogen-bond acceptors (Lipinski definition) is 3. The van der Waals surface area contributed by atoms with E-state index in [1.54, 1.807) is 32.2 Å². The molecule has 1 aromatic carbocycles. The van der Waals surface area contributed by atoms with Crippen molar-refractivity contribution in [3.63, 3.8) is 0 Å². The van der Waals surface area contributed by atoms with Gasteiger partial charge in [0.2, 0.25) is 0 Å². The van der Waals surface area contributed by atoms with Gasteiger partial charge in [0.25, 0.3) is 0 Å². The first kappa shape index (κ1) is 16.0. The molecule has 0 atom stereocenters. The number of nitrogens with one attached hydrogen (secondary N) is 2. The first-order valence-electron chi connectivity index (χ1n) is 6.43. The minimum atomic E-state index is -1.06. The van der Waals surface area contributed by atoms with Crippen LogP contribution in [0, 0.1) is 6.92 Å². The van der Waals surface area contributed by atoms with Gasteiger partial charge >= 0.3 is 12.0 Å². The van der Waals surface area contributed by atoms with E-state index in [1.807, 2.05) is 0 Å². The number of rotatable bonds is 7. The van der Waals surface area contributed by atoms with E-state index in [1.165, 1.54) is 0 Å². The van der Waals surface area contributed by atoms with Crippen molar-refractivity contribution >= 4 is 17.7 Å². The number of anilines is 1. The molecule has 0 aliphatic heterocycles. The second kappa shape index (κ2) is 8.16. The number of hydrogen-bond donors (Lipinski definition) is 3. The maximum atomic E-state index is 11.7. The molecule has 0 unspecified atom stereocenters. The van der Waals surface area contributed by atoms with Crippen molar-refractivity contribution in [1.82, 2.24) is 5.32 Å². The Labute approximate surface area is 118 Å². The number of amides is 2. The van der Waals surface area contributed by atoms with E-state index in [0.717, 1.165) is 12.8 Å².